The molecule has 0 saturated carbocycles. The summed E-state index contributed by atoms with van der Waals surface area (Å²) in [6, 6.07) is 7.50. The van der Waals surface area contributed by atoms with Crippen molar-refractivity contribution in [3.8, 4) is 0 Å². The van der Waals surface area contributed by atoms with Crippen LogP contribution in [-0.4, -0.2) is 53.2 Å². The van der Waals surface area contributed by atoms with Crippen LogP contribution in [0, 0.1) is 5.92 Å². The number of likely N-dealkylation sites (tertiary alicyclic amines) is 1. The van der Waals surface area contributed by atoms with Crippen LogP contribution in [0.15, 0.2) is 29.2 Å². The van der Waals surface area contributed by atoms with E-state index >= 15 is 0 Å². The number of para-hydroxylation sites is 1. The molecule has 0 bridgehead atoms. The number of carboxylic acids is 1. The number of carbonyl (C=O) groups is 3. The van der Waals surface area contributed by atoms with E-state index in [-0.39, 0.29) is 37.3 Å². The summed E-state index contributed by atoms with van der Waals surface area (Å²) >= 11 is 1.47. The molecule has 1 N–H and O–H groups in total. The van der Waals surface area contributed by atoms with Crippen LogP contribution in [0.5, 0.6) is 0 Å². The lowest BCUT2D eigenvalue weighted by Crippen LogP contribution is -2.44. The standard InChI is InChI=1S/C15H16N2O4S.ClH/c18-13(16-6-5-10(7-16)15(20)21)8-17-11-3-1-2-4-12(11)22-9-14(17)19;/h1-4,10H,5-9H2,(H,20,21);1H. The Kier molecular flexibility index (Phi) is 5.54. The first-order chi connectivity index (χ1) is 10.6. The zero-order valence-corrected chi connectivity index (χ0v) is 13.9. The van der Waals surface area contributed by atoms with Crippen LogP contribution in [-0.2, 0) is 14.4 Å². The number of carbonyl (C=O) groups excluding carboxylic acids is 2. The predicted octanol–water partition coefficient (Wildman–Crippen LogP) is 1.48. The molecule has 124 valence electrons. The third-order valence-corrected chi connectivity index (χ3v) is 5.04. The molecule has 23 heavy (non-hydrogen) atoms. The number of fused-ring (bicyclic) bond motifs is 1. The Balaban J connectivity index is 0.00000192. The Morgan fingerprint density at radius 1 is 1.30 bits per heavy atom. The van der Waals surface area contributed by atoms with Gasteiger partial charge >= 0.3 is 5.97 Å². The maximum absolute atomic E-state index is 12.4. The molecule has 2 aliphatic heterocycles. The van der Waals surface area contributed by atoms with E-state index in [0.717, 1.165) is 10.6 Å². The van der Waals surface area contributed by atoms with E-state index < -0.39 is 11.9 Å². The number of carboxylic acid groups (broad SMARTS) is 1. The lowest BCUT2D eigenvalue weighted by Gasteiger charge is -2.29. The molecular weight excluding hydrogens is 340 g/mol. The average Bonchev–Trinajstić information content (AvgIpc) is 3.00. The van der Waals surface area contributed by atoms with Gasteiger partial charge in [0.15, 0.2) is 0 Å². The van der Waals surface area contributed by atoms with Crippen molar-refractivity contribution in [1.82, 2.24) is 4.90 Å². The number of aliphatic carboxylic acids is 1. The number of thioether (sulfide) groups is 1. The van der Waals surface area contributed by atoms with Gasteiger partial charge in [0.2, 0.25) is 11.8 Å². The number of hydrogen-bond acceptors (Lipinski definition) is 4. The minimum Gasteiger partial charge on any atom is -0.481 e. The number of nitrogens with zero attached hydrogens (tertiary/aromatic N) is 2. The van der Waals surface area contributed by atoms with Gasteiger partial charge in [0.25, 0.3) is 0 Å². The topological polar surface area (TPSA) is 77.9 Å². The summed E-state index contributed by atoms with van der Waals surface area (Å²) in [4.78, 5) is 39.5. The third-order valence-electron chi connectivity index (χ3n) is 3.99. The Labute approximate surface area is 144 Å². The molecule has 1 fully saturated rings. The second kappa shape index (κ2) is 7.23. The fourth-order valence-corrected chi connectivity index (χ4v) is 3.69. The van der Waals surface area contributed by atoms with E-state index in [9.17, 15) is 14.4 Å². The second-order valence-corrected chi connectivity index (χ2v) is 6.42. The number of hydrogen-bond donors (Lipinski definition) is 1. The molecular formula is C15H17ClN2O4S. The monoisotopic (exact) mass is 356 g/mol. The number of amides is 2. The van der Waals surface area contributed by atoms with Gasteiger partial charge in [0.1, 0.15) is 6.54 Å². The summed E-state index contributed by atoms with van der Waals surface area (Å²) in [6.07, 6.45) is 0.474. The molecule has 2 aliphatic rings. The van der Waals surface area contributed by atoms with Gasteiger partial charge in [-0.2, -0.15) is 0 Å². The number of rotatable bonds is 3. The molecule has 0 spiro atoms. The van der Waals surface area contributed by atoms with Crippen molar-refractivity contribution in [3.63, 3.8) is 0 Å². The SMILES string of the molecule is Cl.O=C(O)C1CCN(C(=O)CN2C(=O)CSc3ccccc32)C1. The number of benzene rings is 1. The molecule has 0 aliphatic carbocycles. The molecule has 3 rings (SSSR count). The van der Waals surface area contributed by atoms with Crippen molar-refractivity contribution < 1.29 is 19.5 Å². The van der Waals surface area contributed by atoms with Gasteiger partial charge in [0.05, 0.1) is 17.4 Å². The van der Waals surface area contributed by atoms with E-state index in [0.29, 0.717) is 18.7 Å². The largest absolute Gasteiger partial charge is 0.481 e. The summed E-state index contributed by atoms with van der Waals surface area (Å²) in [5.74, 6) is -1.33. The third kappa shape index (κ3) is 3.61. The fourth-order valence-electron chi connectivity index (χ4n) is 2.75. The summed E-state index contributed by atoms with van der Waals surface area (Å²) in [7, 11) is 0. The summed E-state index contributed by atoms with van der Waals surface area (Å²) in [6.45, 7) is 0.642. The highest BCUT2D eigenvalue weighted by atomic mass is 35.5. The van der Waals surface area contributed by atoms with Gasteiger partial charge in [0, 0.05) is 18.0 Å². The summed E-state index contributed by atoms with van der Waals surface area (Å²) < 4.78 is 0. The van der Waals surface area contributed by atoms with Crippen molar-refractivity contribution in [3.05, 3.63) is 24.3 Å². The van der Waals surface area contributed by atoms with Crippen molar-refractivity contribution >= 4 is 47.6 Å². The average molecular weight is 357 g/mol. The van der Waals surface area contributed by atoms with Crippen LogP contribution in [0.1, 0.15) is 6.42 Å². The van der Waals surface area contributed by atoms with E-state index in [1.807, 2.05) is 24.3 Å². The minimum absolute atomic E-state index is 0. The highest BCUT2D eigenvalue weighted by Crippen LogP contribution is 2.34. The zero-order chi connectivity index (χ0) is 15.7. The van der Waals surface area contributed by atoms with Gasteiger partial charge in [-0.1, -0.05) is 12.1 Å². The second-order valence-electron chi connectivity index (χ2n) is 5.40. The first-order valence-electron chi connectivity index (χ1n) is 7.09. The summed E-state index contributed by atoms with van der Waals surface area (Å²) in [5.41, 5.74) is 0.756. The van der Waals surface area contributed by atoms with Gasteiger partial charge in [-0.3, -0.25) is 14.4 Å². The molecule has 6 nitrogen and oxygen atoms in total. The van der Waals surface area contributed by atoms with Crippen molar-refractivity contribution in [1.29, 1.82) is 0 Å². The Morgan fingerprint density at radius 2 is 2.04 bits per heavy atom. The van der Waals surface area contributed by atoms with Gasteiger partial charge < -0.3 is 14.9 Å². The molecule has 2 heterocycles. The number of anilines is 1. The predicted molar refractivity (Wildman–Crippen MR) is 89.1 cm³/mol. The molecule has 1 atom stereocenters. The molecule has 0 radical (unpaired) electrons. The molecule has 1 aromatic rings. The normalized spacial score (nSPS) is 20.0. The van der Waals surface area contributed by atoms with Crippen LogP contribution >= 0.6 is 24.2 Å². The minimum atomic E-state index is -0.869. The van der Waals surface area contributed by atoms with E-state index in [2.05, 4.69) is 0 Å². The van der Waals surface area contributed by atoms with Crippen LogP contribution in [0.4, 0.5) is 5.69 Å². The maximum atomic E-state index is 12.4. The van der Waals surface area contributed by atoms with Crippen molar-refractivity contribution in [2.24, 2.45) is 5.92 Å². The number of halogens is 1. The highest BCUT2D eigenvalue weighted by Gasteiger charge is 2.33. The fraction of sp³-hybridized carbons (Fsp3) is 0.400. The van der Waals surface area contributed by atoms with Crippen LogP contribution < -0.4 is 4.90 Å². The van der Waals surface area contributed by atoms with E-state index in [4.69, 9.17) is 5.11 Å². The maximum Gasteiger partial charge on any atom is 0.308 e. The molecule has 0 aromatic heterocycles. The Hall–Kier alpha value is -1.73. The van der Waals surface area contributed by atoms with Crippen LogP contribution in [0.3, 0.4) is 0 Å². The van der Waals surface area contributed by atoms with E-state index in [1.165, 1.54) is 21.6 Å². The lowest BCUT2D eigenvalue weighted by atomic mass is 10.1. The van der Waals surface area contributed by atoms with Gasteiger partial charge in [-0.25, -0.2) is 0 Å². The highest BCUT2D eigenvalue weighted by molar-refractivity contribution is 8.00. The van der Waals surface area contributed by atoms with Gasteiger partial charge in [-0.15, -0.1) is 24.2 Å². The molecule has 2 amide bonds. The zero-order valence-electron chi connectivity index (χ0n) is 12.3. The molecule has 1 aromatic carbocycles. The van der Waals surface area contributed by atoms with Crippen molar-refractivity contribution in [2.45, 2.75) is 11.3 Å². The smallest absolute Gasteiger partial charge is 0.308 e. The molecule has 1 unspecified atom stereocenters. The van der Waals surface area contributed by atoms with E-state index in [1.54, 1.807) is 0 Å². The van der Waals surface area contributed by atoms with Crippen LogP contribution in [0.2, 0.25) is 0 Å². The van der Waals surface area contributed by atoms with Crippen molar-refractivity contribution in [2.75, 3.05) is 30.3 Å². The Morgan fingerprint density at radius 3 is 2.74 bits per heavy atom. The quantitative estimate of drug-likeness (QED) is 0.887. The first-order valence-corrected chi connectivity index (χ1v) is 8.07. The lowest BCUT2D eigenvalue weighted by molar-refractivity contribution is -0.141. The summed E-state index contributed by atoms with van der Waals surface area (Å²) in [5, 5.41) is 9.00. The Bertz CT molecular complexity index is 640. The van der Waals surface area contributed by atoms with Gasteiger partial charge in [-0.05, 0) is 18.6 Å². The van der Waals surface area contributed by atoms with Crippen LogP contribution in [0.25, 0.3) is 0 Å². The molecule has 1 saturated heterocycles. The molecule has 8 heteroatoms. The first kappa shape index (κ1) is 17.6.